The third-order valence-corrected chi connectivity index (χ3v) is 5.14. The molecule has 1 N–H and O–H groups in total. The van der Waals surface area contributed by atoms with E-state index in [4.69, 9.17) is 9.84 Å². The second-order valence-electron chi connectivity index (χ2n) is 7.61. The third kappa shape index (κ3) is 4.83. The molecule has 0 saturated heterocycles. The average Bonchev–Trinajstić information content (AvgIpc) is 3.19. The Morgan fingerprint density at radius 3 is 2.45 bits per heavy atom. The molecule has 0 radical (unpaired) electrons. The van der Waals surface area contributed by atoms with Gasteiger partial charge >= 0.3 is 0 Å². The van der Waals surface area contributed by atoms with Crippen LogP contribution in [0.2, 0.25) is 0 Å². The van der Waals surface area contributed by atoms with Crippen molar-refractivity contribution in [3.8, 4) is 22.7 Å². The van der Waals surface area contributed by atoms with Crippen molar-refractivity contribution in [1.29, 1.82) is 0 Å². The SMILES string of the molecule is Cc1cccc(-c2cc(NC(=O)COc3ccc(C)c(C)c3)n(-c3ccccc3)n2)c1. The number of hydrogen-bond donors (Lipinski definition) is 1. The Morgan fingerprint density at radius 2 is 1.71 bits per heavy atom. The summed E-state index contributed by atoms with van der Waals surface area (Å²) >= 11 is 0. The van der Waals surface area contributed by atoms with Crippen molar-refractivity contribution in [2.24, 2.45) is 0 Å². The Hall–Kier alpha value is -3.86. The molecule has 0 aliphatic heterocycles. The number of rotatable bonds is 6. The molecule has 0 aliphatic rings. The monoisotopic (exact) mass is 411 g/mol. The molecule has 1 aromatic heterocycles. The van der Waals surface area contributed by atoms with Crippen LogP contribution in [0.5, 0.6) is 5.75 Å². The second kappa shape index (κ2) is 8.88. The van der Waals surface area contributed by atoms with Crippen molar-refractivity contribution >= 4 is 11.7 Å². The fourth-order valence-electron chi connectivity index (χ4n) is 3.31. The number of carbonyl (C=O) groups excluding carboxylic acids is 1. The second-order valence-corrected chi connectivity index (χ2v) is 7.61. The zero-order valence-corrected chi connectivity index (χ0v) is 17.9. The summed E-state index contributed by atoms with van der Waals surface area (Å²) < 4.78 is 7.43. The van der Waals surface area contributed by atoms with Gasteiger partial charge in [0.25, 0.3) is 5.91 Å². The van der Waals surface area contributed by atoms with Crippen LogP contribution < -0.4 is 10.1 Å². The van der Waals surface area contributed by atoms with Gasteiger partial charge in [0, 0.05) is 11.6 Å². The van der Waals surface area contributed by atoms with Crippen LogP contribution in [0, 0.1) is 20.8 Å². The quantitative estimate of drug-likeness (QED) is 0.457. The summed E-state index contributed by atoms with van der Waals surface area (Å²) in [5.41, 5.74) is 6.12. The van der Waals surface area contributed by atoms with E-state index in [1.54, 1.807) is 4.68 Å². The number of carbonyl (C=O) groups is 1. The summed E-state index contributed by atoms with van der Waals surface area (Å²) in [5, 5.41) is 7.69. The van der Waals surface area contributed by atoms with Crippen molar-refractivity contribution in [3.63, 3.8) is 0 Å². The molecular weight excluding hydrogens is 386 g/mol. The highest BCUT2D eigenvalue weighted by Crippen LogP contribution is 2.25. The van der Waals surface area contributed by atoms with Crippen LogP contribution in [0.3, 0.4) is 0 Å². The van der Waals surface area contributed by atoms with Gasteiger partial charge in [-0.2, -0.15) is 5.10 Å². The van der Waals surface area contributed by atoms with Crippen LogP contribution in [-0.4, -0.2) is 22.3 Å². The molecule has 1 amide bonds. The van der Waals surface area contributed by atoms with Crippen LogP contribution in [0.25, 0.3) is 16.9 Å². The van der Waals surface area contributed by atoms with Gasteiger partial charge in [-0.05, 0) is 62.2 Å². The number of ether oxygens (including phenoxy) is 1. The van der Waals surface area contributed by atoms with E-state index < -0.39 is 0 Å². The van der Waals surface area contributed by atoms with Gasteiger partial charge in [-0.1, -0.05) is 48.0 Å². The van der Waals surface area contributed by atoms with Gasteiger partial charge in [-0.15, -0.1) is 0 Å². The number of aromatic nitrogens is 2. The van der Waals surface area contributed by atoms with Crippen LogP contribution in [0.1, 0.15) is 16.7 Å². The van der Waals surface area contributed by atoms with Gasteiger partial charge in [-0.25, -0.2) is 4.68 Å². The molecule has 4 aromatic rings. The summed E-state index contributed by atoms with van der Waals surface area (Å²) in [6.45, 7) is 6.03. The number of nitrogens with zero attached hydrogens (tertiary/aromatic N) is 2. The fourth-order valence-corrected chi connectivity index (χ4v) is 3.31. The Labute approximate surface area is 182 Å². The molecule has 4 rings (SSSR count). The zero-order valence-electron chi connectivity index (χ0n) is 17.9. The highest BCUT2D eigenvalue weighted by molar-refractivity contribution is 5.92. The molecule has 0 unspecified atom stereocenters. The predicted molar refractivity (Wildman–Crippen MR) is 124 cm³/mol. The minimum Gasteiger partial charge on any atom is -0.484 e. The van der Waals surface area contributed by atoms with Crippen LogP contribution in [0.15, 0.2) is 78.9 Å². The lowest BCUT2D eigenvalue weighted by atomic mass is 10.1. The molecule has 5 heteroatoms. The van der Waals surface area contributed by atoms with Gasteiger partial charge in [0.05, 0.1) is 11.4 Å². The lowest BCUT2D eigenvalue weighted by molar-refractivity contribution is -0.118. The predicted octanol–water partition coefficient (Wildman–Crippen LogP) is 5.48. The fraction of sp³-hybridized carbons (Fsp3) is 0.154. The smallest absolute Gasteiger partial charge is 0.263 e. The lowest BCUT2D eigenvalue weighted by Crippen LogP contribution is -2.21. The van der Waals surface area contributed by atoms with E-state index >= 15 is 0 Å². The van der Waals surface area contributed by atoms with E-state index in [9.17, 15) is 4.79 Å². The highest BCUT2D eigenvalue weighted by atomic mass is 16.5. The molecule has 0 fully saturated rings. The maximum absolute atomic E-state index is 12.6. The van der Waals surface area contributed by atoms with Crippen molar-refractivity contribution in [1.82, 2.24) is 9.78 Å². The molecule has 0 bridgehead atoms. The molecular formula is C26H25N3O2. The molecule has 5 nitrogen and oxygen atoms in total. The van der Waals surface area contributed by atoms with Crippen molar-refractivity contribution in [2.45, 2.75) is 20.8 Å². The number of para-hydroxylation sites is 1. The van der Waals surface area contributed by atoms with E-state index in [0.717, 1.165) is 28.1 Å². The molecule has 0 spiro atoms. The summed E-state index contributed by atoms with van der Waals surface area (Å²) in [4.78, 5) is 12.6. The summed E-state index contributed by atoms with van der Waals surface area (Å²) in [6, 6.07) is 25.6. The zero-order chi connectivity index (χ0) is 21.8. The molecule has 1 heterocycles. The van der Waals surface area contributed by atoms with Gasteiger partial charge in [0.1, 0.15) is 11.6 Å². The van der Waals surface area contributed by atoms with Gasteiger partial charge in [0.2, 0.25) is 0 Å². The first-order valence-corrected chi connectivity index (χ1v) is 10.2. The molecule has 0 atom stereocenters. The summed E-state index contributed by atoms with van der Waals surface area (Å²) in [7, 11) is 0. The van der Waals surface area contributed by atoms with E-state index in [1.807, 2.05) is 93.6 Å². The number of nitrogens with one attached hydrogen (secondary N) is 1. The lowest BCUT2D eigenvalue weighted by Gasteiger charge is -2.10. The Morgan fingerprint density at radius 1 is 0.903 bits per heavy atom. The normalized spacial score (nSPS) is 10.7. The standard InChI is InChI=1S/C26H25N3O2/c1-18-8-7-9-21(14-18)24-16-25(29(28-24)22-10-5-4-6-11-22)27-26(30)17-31-23-13-12-19(2)20(3)15-23/h4-16H,17H2,1-3H3,(H,27,30). The topological polar surface area (TPSA) is 56.1 Å². The number of amides is 1. The third-order valence-electron chi connectivity index (χ3n) is 5.14. The van der Waals surface area contributed by atoms with Gasteiger partial charge in [0.15, 0.2) is 6.61 Å². The summed E-state index contributed by atoms with van der Waals surface area (Å²) in [5.74, 6) is 1.03. The van der Waals surface area contributed by atoms with Crippen LogP contribution in [0.4, 0.5) is 5.82 Å². The van der Waals surface area contributed by atoms with E-state index in [0.29, 0.717) is 11.6 Å². The number of aryl methyl sites for hydroxylation is 3. The molecule has 3 aromatic carbocycles. The number of anilines is 1. The highest BCUT2D eigenvalue weighted by Gasteiger charge is 2.14. The minimum atomic E-state index is -0.244. The maximum atomic E-state index is 12.6. The van der Waals surface area contributed by atoms with E-state index in [2.05, 4.69) is 11.4 Å². The first-order chi connectivity index (χ1) is 15.0. The molecule has 0 saturated carbocycles. The first-order valence-electron chi connectivity index (χ1n) is 10.2. The maximum Gasteiger partial charge on any atom is 0.263 e. The average molecular weight is 412 g/mol. The molecule has 31 heavy (non-hydrogen) atoms. The van der Waals surface area contributed by atoms with Crippen molar-refractivity contribution in [2.75, 3.05) is 11.9 Å². The Bertz CT molecular complexity index is 1210. The summed E-state index contributed by atoms with van der Waals surface area (Å²) in [6.07, 6.45) is 0. The molecule has 0 aliphatic carbocycles. The minimum absolute atomic E-state index is 0.0811. The largest absolute Gasteiger partial charge is 0.484 e. The van der Waals surface area contributed by atoms with Crippen LogP contribution >= 0.6 is 0 Å². The van der Waals surface area contributed by atoms with Gasteiger partial charge < -0.3 is 10.1 Å². The molecule has 156 valence electrons. The number of hydrogen-bond acceptors (Lipinski definition) is 3. The Balaban J connectivity index is 1.57. The number of benzene rings is 3. The Kier molecular flexibility index (Phi) is 5.85. The van der Waals surface area contributed by atoms with Crippen LogP contribution in [-0.2, 0) is 4.79 Å². The van der Waals surface area contributed by atoms with Gasteiger partial charge in [-0.3, -0.25) is 4.79 Å². The van der Waals surface area contributed by atoms with E-state index in [-0.39, 0.29) is 12.5 Å². The van der Waals surface area contributed by atoms with Crippen molar-refractivity contribution < 1.29 is 9.53 Å². The van der Waals surface area contributed by atoms with Crippen molar-refractivity contribution in [3.05, 3.63) is 95.6 Å². The first kappa shape index (κ1) is 20.4. The van der Waals surface area contributed by atoms with E-state index in [1.165, 1.54) is 5.56 Å².